The average Bonchev–Trinajstić information content (AvgIpc) is 3.09. The van der Waals surface area contributed by atoms with E-state index in [1.807, 2.05) is 79.7 Å². The Labute approximate surface area is 291 Å². The number of aliphatic hydroxyl groups excluding tert-OH is 1. The number of allylic oxidation sites excluding steroid dienone is 2. The van der Waals surface area contributed by atoms with Crippen LogP contribution < -0.4 is 5.32 Å². The summed E-state index contributed by atoms with van der Waals surface area (Å²) in [6.07, 6.45) is 4.47. The van der Waals surface area contributed by atoms with Crippen LogP contribution in [0.15, 0.2) is 116 Å². The molecule has 2 amide bonds. The predicted molar refractivity (Wildman–Crippen MR) is 196 cm³/mol. The molecule has 49 heavy (non-hydrogen) atoms. The molecule has 7 heteroatoms. The van der Waals surface area contributed by atoms with Crippen LogP contribution in [0.25, 0.3) is 0 Å². The van der Waals surface area contributed by atoms with E-state index in [1.165, 1.54) is 4.90 Å². The minimum absolute atomic E-state index is 0.0587. The van der Waals surface area contributed by atoms with Crippen molar-refractivity contribution in [1.29, 1.82) is 0 Å². The molecular weight excluding hydrogens is 610 g/mol. The fourth-order valence-electron chi connectivity index (χ4n) is 5.72. The summed E-state index contributed by atoms with van der Waals surface area (Å²) in [6.45, 7) is 14.0. The first kappa shape index (κ1) is 36.8. The molecule has 0 saturated carbocycles. The van der Waals surface area contributed by atoms with E-state index in [9.17, 15) is 14.7 Å². The van der Waals surface area contributed by atoms with Gasteiger partial charge in [-0.1, -0.05) is 105 Å². The van der Waals surface area contributed by atoms with Crippen LogP contribution in [0.3, 0.4) is 0 Å². The van der Waals surface area contributed by atoms with Gasteiger partial charge in [0.2, 0.25) is 0 Å². The molecule has 1 heterocycles. The SMILES string of the molecule is C=CCCc1cc(C(=O)N[C@@H](Cc2cccc(CC=C)c2)[C@H](O)CN(Cc2cccc(C(C)C)c2)C(=O)OCc2ccccc2)cc(C)n1. The molecule has 4 rings (SSSR count). The van der Waals surface area contributed by atoms with E-state index in [0.29, 0.717) is 30.7 Å². The van der Waals surface area contributed by atoms with Gasteiger partial charge in [-0.25, -0.2) is 4.79 Å². The number of hydrogen-bond acceptors (Lipinski definition) is 5. The number of aryl methyl sites for hydroxylation is 2. The molecule has 0 unspecified atom stereocenters. The lowest BCUT2D eigenvalue weighted by Crippen LogP contribution is -2.50. The summed E-state index contributed by atoms with van der Waals surface area (Å²) in [7, 11) is 0. The van der Waals surface area contributed by atoms with Gasteiger partial charge >= 0.3 is 6.09 Å². The Morgan fingerprint density at radius 3 is 2.35 bits per heavy atom. The number of amides is 2. The Bertz CT molecular complexity index is 1700. The van der Waals surface area contributed by atoms with Gasteiger partial charge in [0, 0.05) is 23.5 Å². The van der Waals surface area contributed by atoms with Crippen LogP contribution in [0, 0.1) is 6.92 Å². The van der Waals surface area contributed by atoms with E-state index in [-0.39, 0.29) is 25.6 Å². The van der Waals surface area contributed by atoms with E-state index in [2.05, 4.69) is 55.5 Å². The number of carbonyl (C=O) groups excluding carboxylic acids is 2. The van der Waals surface area contributed by atoms with Gasteiger partial charge in [-0.3, -0.25) is 9.78 Å². The molecule has 3 aromatic carbocycles. The standard InChI is InChI=1S/C42H49N3O4/c1-6-8-21-38-26-37(22-31(5)43-38)41(47)44-39(25-34-18-12-17-32(23-34)14-7-2)40(46)28-45(27-35-19-13-20-36(24-35)30(3)4)42(48)49-29-33-15-10-9-11-16-33/h6-7,9-13,15-20,22-24,26,30,39-40,46H,1-2,8,14,21,25,27-29H2,3-5H3,(H,44,47)/t39-,40+/m0/s1. The third kappa shape index (κ3) is 11.6. The molecule has 0 fully saturated rings. The second-order valence-electron chi connectivity index (χ2n) is 12.8. The summed E-state index contributed by atoms with van der Waals surface area (Å²) < 4.78 is 5.76. The Kier molecular flexibility index (Phi) is 13.9. The van der Waals surface area contributed by atoms with Crippen LogP contribution in [-0.4, -0.2) is 45.7 Å². The normalized spacial score (nSPS) is 12.2. The first-order valence-corrected chi connectivity index (χ1v) is 17.0. The van der Waals surface area contributed by atoms with Gasteiger partial charge in [0.1, 0.15) is 6.61 Å². The highest BCUT2D eigenvalue weighted by molar-refractivity contribution is 5.94. The largest absolute Gasteiger partial charge is 0.445 e. The highest BCUT2D eigenvalue weighted by Crippen LogP contribution is 2.19. The third-order valence-electron chi connectivity index (χ3n) is 8.34. The number of benzene rings is 3. The van der Waals surface area contributed by atoms with Crippen molar-refractivity contribution in [3.63, 3.8) is 0 Å². The molecule has 1 aromatic heterocycles. The zero-order valence-electron chi connectivity index (χ0n) is 29.0. The molecule has 7 nitrogen and oxygen atoms in total. The maximum atomic E-state index is 13.8. The second-order valence-corrected chi connectivity index (χ2v) is 12.8. The summed E-state index contributed by atoms with van der Waals surface area (Å²) in [6, 6.07) is 28.4. The lowest BCUT2D eigenvalue weighted by atomic mass is 9.97. The Balaban J connectivity index is 1.62. The van der Waals surface area contributed by atoms with Crippen molar-refractivity contribution >= 4 is 12.0 Å². The first-order valence-electron chi connectivity index (χ1n) is 17.0. The second kappa shape index (κ2) is 18.5. The Morgan fingerprint density at radius 2 is 1.61 bits per heavy atom. The molecule has 0 aliphatic rings. The average molecular weight is 660 g/mol. The number of aliphatic hydroxyl groups is 1. The third-order valence-corrected chi connectivity index (χ3v) is 8.34. The van der Waals surface area contributed by atoms with Crippen LogP contribution in [0.5, 0.6) is 0 Å². The summed E-state index contributed by atoms with van der Waals surface area (Å²) in [4.78, 5) is 33.5. The van der Waals surface area contributed by atoms with Crippen molar-refractivity contribution in [3.8, 4) is 0 Å². The predicted octanol–water partition coefficient (Wildman–Crippen LogP) is 7.90. The van der Waals surface area contributed by atoms with Gasteiger partial charge in [0.05, 0.1) is 18.7 Å². The zero-order chi connectivity index (χ0) is 35.2. The first-order chi connectivity index (χ1) is 23.6. The molecular formula is C42H49N3O4. The maximum absolute atomic E-state index is 13.8. The smallest absolute Gasteiger partial charge is 0.410 e. The molecule has 0 saturated heterocycles. The van der Waals surface area contributed by atoms with E-state index in [4.69, 9.17) is 4.74 Å². The maximum Gasteiger partial charge on any atom is 0.410 e. The van der Waals surface area contributed by atoms with Gasteiger partial charge in [-0.2, -0.15) is 0 Å². The number of carbonyl (C=O) groups is 2. The Hall–Kier alpha value is -5.01. The quantitative estimate of drug-likeness (QED) is 0.113. The molecule has 2 atom stereocenters. The Morgan fingerprint density at radius 1 is 0.898 bits per heavy atom. The van der Waals surface area contributed by atoms with Crippen molar-refractivity contribution in [2.45, 2.75) is 77.7 Å². The van der Waals surface area contributed by atoms with E-state index in [0.717, 1.165) is 45.6 Å². The molecule has 0 aliphatic heterocycles. The van der Waals surface area contributed by atoms with Crippen LogP contribution in [0.1, 0.15) is 75.7 Å². The van der Waals surface area contributed by atoms with E-state index >= 15 is 0 Å². The van der Waals surface area contributed by atoms with Crippen LogP contribution >= 0.6 is 0 Å². The monoisotopic (exact) mass is 659 g/mol. The molecule has 256 valence electrons. The van der Waals surface area contributed by atoms with E-state index in [1.54, 1.807) is 12.1 Å². The number of aromatic nitrogens is 1. The lowest BCUT2D eigenvalue weighted by Gasteiger charge is -2.30. The fraction of sp³-hybridized carbons (Fsp3) is 0.310. The highest BCUT2D eigenvalue weighted by Gasteiger charge is 2.28. The van der Waals surface area contributed by atoms with Crippen molar-refractivity contribution in [2.75, 3.05) is 6.54 Å². The molecule has 4 aromatic rings. The number of ether oxygens (including phenoxy) is 1. The highest BCUT2D eigenvalue weighted by atomic mass is 16.6. The molecule has 2 N–H and O–H groups in total. The summed E-state index contributed by atoms with van der Waals surface area (Å²) in [5, 5.41) is 15.0. The lowest BCUT2D eigenvalue weighted by molar-refractivity contribution is 0.0500. The molecule has 0 radical (unpaired) electrons. The number of nitrogens with zero attached hydrogens (tertiary/aromatic N) is 2. The zero-order valence-corrected chi connectivity index (χ0v) is 29.0. The molecule has 0 spiro atoms. The van der Waals surface area contributed by atoms with Gasteiger partial charge in [0.15, 0.2) is 0 Å². The molecule has 0 bridgehead atoms. The summed E-state index contributed by atoms with van der Waals surface area (Å²) >= 11 is 0. The van der Waals surface area contributed by atoms with Gasteiger partial charge in [-0.05, 0) is 78.5 Å². The topological polar surface area (TPSA) is 91.8 Å². The number of hydrogen-bond donors (Lipinski definition) is 2. The number of nitrogens with one attached hydrogen (secondary N) is 1. The number of rotatable bonds is 17. The summed E-state index contributed by atoms with van der Waals surface area (Å²) in [5.74, 6) is -0.00549. The fourth-order valence-corrected chi connectivity index (χ4v) is 5.72. The summed E-state index contributed by atoms with van der Waals surface area (Å²) in [5.41, 5.74) is 6.97. The minimum Gasteiger partial charge on any atom is -0.445 e. The van der Waals surface area contributed by atoms with Gasteiger partial charge in [-0.15, -0.1) is 13.2 Å². The van der Waals surface area contributed by atoms with Crippen LogP contribution in [0.4, 0.5) is 4.79 Å². The van der Waals surface area contributed by atoms with Gasteiger partial charge in [0.25, 0.3) is 5.91 Å². The van der Waals surface area contributed by atoms with Crippen LogP contribution in [-0.2, 0) is 37.2 Å². The van der Waals surface area contributed by atoms with Crippen LogP contribution in [0.2, 0.25) is 0 Å². The van der Waals surface area contributed by atoms with Crippen molar-refractivity contribution < 1.29 is 19.4 Å². The van der Waals surface area contributed by atoms with E-state index < -0.39 is 18.2 Å². The van der Waals surface area contributed by atoms with Crippen molar-refractivity contribution in [3.05, 3.63) is 161 Å². The molecule has 0 aliphatic carbocycles. The minimum atomic E-state index is -1.12. The van der Waals surface area contributed by atoms with Crippen molar-refractivity contribution in [2.24, 2.45) is 0 Å². The van der Waals surface area contributed by atoms with Gasteiger partial charge < -0.3 is 20.1 Å². The number of pyridine rings is 1. The van der Waals surface area contributed by atoms with Crippen molar-refractivity contribution in [1.82, 2.24) is 15.2 Å².